The Bertz CT molecular complexity index is 1610. The number of hydrogen-bond donors (Lipinski definition) is 8. The van der Waals surface area contributed by atoms with Gasteiger partial charge in [-0.25, -0.2) is 9.59 Å². The fraction of sp³-hybridized carbons (Fsp3) is 0.611. The van der Waals surface area contributed by atoms with Gasteiger partial charge >= 0.3 is 84.6 Å². The molecule has 20 heteroatoms. The molecule has 4 aliphatic heterocycles. The Morgan fingerprint density at radius 1 is 0.625 bits per heavy atom. The van der Waals surface area contributed by atoms with E-state index in [1.807, 2.05) is 0 Å². The van der Waals surface area contributed by atoms with Crippen LogP contribution in [0.15, 0.2) is 24.3 Å². The molecule has 2 aromatic carbocycles. The van der Waals surface area contributed by atoms with Gasteiger partial charge in [0, 0.05) is 50.3 Å². The molecule has 2 aromatic rings. The number of aromatic carboxylic acids is 2. The molecule has 0 aromatic heterocycles. The minimum atomic E-state index is -3.03. The van der Waals surface area contributed by atoms with E-state index in [0.29, 0.717) is 62.2 Å². The van der Waals surface area contributed by atoms with E-state index in [-0.39, 0.29) is 130 Å². The number of hydrogen-bond acceptors (Lipinski definition) is 14. The molecule has 0 amide bonds. The van der Waals surface area contributed by atoms with Crippen molar-refractivity contribution in [3.63, 3.8) is 0 Å². The number of rotatable bonds is 8. The van der Waals surface area contributed by atoms with Crippen molar-refractivity contribution in [3.8, 4) is 23.0 Å². The number of fused-ring (bicyclic) bond motifs is 2. The molecule has 296 valence electrons. The zero-order valence-corrected chi connectivity index (χ0v) is 36.4. The summed E-state index contributed by atoms with van der Waals surface area (Å²) < 4.78 is 22.3. The molecule has 4 fully saturated rings. The number of benzene rings is 2. The topological polar surface area (TPSA) is 251 Å². The summed E-state index contributed by atoms with van der Waals surface area (Å²) in [4.78, 5) is 28.2. The van der Waals surface area contributed by atoms with Crippen LogP contribution in [0.1, 0.15) is 83.2 Å². The van der Waals surface area contributed by atoms with Crippen LogP contribution in [0.25, 0.3) is 0 Å². The molecule has 2 aliphatic carbocycles. The van der Waals surface area contributed by atoms with Gasteiger partial charge in [-0.05, 0) is 61.8 Å². The predicted octanol–water partition coefficient (Wildman–Crippen LogP) is -4.84. The van der Waals surface area contributed by atoms with Crippen LogP contribution in [0.3, 0.4) is 0 Å². The van der Waals surface area contributed by atoms with Gasteiger partial charge in [0.1, 0.15) is 34.8 Å². The van der Waals surface area contributed by atoms with Gasteiger partial charge in [-0.3, -0.25) is 9.80 Å². The fourth-order valence-electron chi connectivity index (χ4n) is 8.84. The van der Waals surface area contributed by atoms with Crippen LogP contribution in [0.4, 0.5) is 0 Å². The van der Waals surface area contributed by atoms with Crippen molar-refractivity contribution >= 4 is 25.4 Å². The summed E-state index contributed by atoms with van der Waals surface area (Å²) in [5.74, 6) is -2.01. The Kier molecular flexibility index (Phi) is 15.2. The van der Waals surface area contributed by atoms with Crippen molar-refractivity contribution in [2.24, 2.45) is 11.5 Å². The number of likely N-dealkylation sites (tertiary alicyclic amines) is 2. The van der Waals surface area contributed by atoms with Gasteiger partial charge in [0.05, 0.1) is 11.5 Å². The van der Waals surface area contributed by atoms with E-state index < -0.39 is 25.4 Å². The molecular weight excluding hydrogens is 748 g/mol. The molecule has 2 saturated carbocycles. The number of carbonyl (C=O) groups is 2. The second-order valence-corrected chi connectivity index (χ2v) is 15.9. The molecule has 0 bridgehead atoms. The number of nitrogens with zero attached hydrogens (tertiary/aromatic N) is 2. The average molecular weight is 800 g/mol. The average Bonchev–Trinajstić information content (AvgIpc) is 3.07. The molecule has 16 nitrogen and oxygen atoms in total. The molecule has 2 saturated heterocycles. The third-order valence-corrected chi connectivity index (χ3v) is 11.9. The van der Waals surface area contributed by atoms with Gasteiger partial charge in [0.15, 0.2) is 0 Å². The minimum Gasteiger partial charge on any atom is -0.669 e. The normalized spacial score (nSPS) is 27.0. The third kappa shape index (κ3) is 10.2. The molecule has 0 unspecified atom stereocenters. The Morgan fingerprint density at radius 2 is 0.982 bits per heavy atom. The van der Waals surface area contributed by atoms with E-state index in [4.69, 9.17) is 30.2 Å². The molecule has 56 heavy (non-hydrogen) atoms. The summed E-state index contributed by atoms with van der Waals surface area (Å²) in [5, 5.41) is 58.5. The predicted molar refractivity (Wildman–Crippen MR) is 198 cm³/mol. The van der Waals surface area contributed by atoms with E-state index in [1.165, 1.54) is 25.7 Å². The smallest absolute Gasteiger partial charge is 0.669 e. The first kappa shape index (κ1) is 45.5. The van der Waals surface area contributed by atoms with Gasteiger partial charge < -0.3 is 60.6 Å². The fourth-order valence-corrected chi connectivity index (χ4v) is 8.84. The maximum Gasteiger partial charge on any atom is 1.00 e. The first-order valence-electron chi connectivity index (χ1n) is 19.4. The molecule has 4 atom stereocenters. The molecule has 4 heterocycles. The Labute approximate surface area is 370 Å². The maximum absolute atomic E-state index is 11.8. The Hall–Kier alpha value is -1.61. The van der Waals surface area contributed by atoms with Gasteiger partial charge in [0.25, 0.3) is 0 Å². The molecule has 0 spiro atoms. The van der Waals surface area contributed by atoms with Gasteiger partial charge in [-0.15, -0.1) is 0 Å². The Balaban J connectivity index is 0.000000207. The van der Waals surface area contributed by atoms with Gasteiger partial charge in [-0.1, -0.05) is 50.5 Å². The summed E-state index contributed by atoms with van der Waals surface area (Å²) >= 11 is 0. The van der Waals surface area contributed by atoms with Crippen molar-refractivity contribution in [2.45, 2.75) is 113 Å². The van der Waals surface area contributed by atoms with Crippen LogP contribution >= 0.6 is 0 Å². The van der Waals surface area contributed by atoms with Gasteiger partial charge in [-0.2, -0.15) is 0 Å². The number of carboxylic acid groups (broad SMARTS) is 2. The van der Waals surface area contributed by atoms with Crippen LogP contribution in [-0.2, 0) is 12.8 Å². The van der Waals surface area contributed by atoms with Crippen molar-refractivity contribution in [1.29, 1.82) is 0 Å². The SMILES string of the molecule is N[C@H]1CCCC[C@@H]1N1CC(Oc2ccc3c(c2C(=O)O)O[B-](O)(O)CC3)C1.N[C@H]1CCCC[C@@H]1N1CC(Oc2ccc3c(c2C(=O)O)O[B-](O)(O)CC3)C1.[Na+].[Na+]. The zero-order chi connectivity index (χ0) is 38.4. The number of nitrogens with two attached hydrogens (primary N) is 2. The minimum absolute atomic E-state index is 0. The van der Waals surface area contributed by atoms with Crippen molar-refractivity contribution in [3.05, 3.63) is 46.5 Å². The Morgan fingerprint density at radius 3 is 1.32 bits per heavy atom. The molecule has 0 radical (unpaired) electrons. The summed E-state index contributed by atoms with van der Waals surface area (Å²) in [6.07, 6.45) is 9.59. The van der Waals surface area contributed by atoms with Crippen LogP contribution in [-0.4, -0.2) is 128 Å². The second kappa shape index (κ2) is 18.8. The van der Waals surface area contributed by atoms with Crippen molar-refractivity contribution in [2.75, 3.05) is 26.2 Å². The monoisotopic (exact) mass is 800 g/mol. The summed E-state index contributed by atoms with van der Waals surface area (Å²) in [5.41, 5.74) is 13.5. The van der Waals surface area contributed by atoms with E-state index in [9.17, 15) is 39.9 Å². The third-order valence-electron chi connectivity index (χ3n) is 11.9. The van der Waals surface area contributed by atoms with Crippen LogP contribution in [0.2, 0.25) is 12.6 Å². The van der Waals surface area contributed by atoms with Crippen LogP contribution in [0.5, 0.6) is 23.0 Å². The van der Waals surface area contributed by atoms with Crippen molar-refractivity contribution < 1.29 is 118 Å². The zero-order valence-electron chi connectivity index (χ0n) is 32.4. The van der Waals surface area contributed by atoms with Crippen LogP contribution < -0.4 is 89.4 Å². The maximum atomic E-state index is 11.8. The van der Waals surface area contributed by atoms with E-state index in [0.717, 1.165) is 25.7 Å². The van der Waals surface area contributed by atoms with E-state index in [2.05, 4.69) is 9.80 Å². The summed E-state index contributed by atoms with van der Waals surface area (Å²) in [7, 11) is 0. The summed E-state index contributed by atoms with van der Waals surface area (Å²) in [6, 6.07) is 7.86. The first-order chi connectivity index (χ1) is 25.7. The number of carboxylic acids is 2. The summed E-state index contributed by atoms with van der Waals surface area (Å²) in [6.45, 7) is -3.22. The molecular formula is C36H52B2N4Na2O12. The quantitative estimate of drug-likeness (QED) is 0.117. The molecule has 10 N–H and O–H groups in total. The second-order valence-electron chi connectivity index (χ2n) is 15.9. The molecule has 6 aliphatic rings. The van der Waals surface area contributed by atoms with Crippen LogP contribution in [0, 0.1) is 0 Å². The largest absolute Gasteiger partial charge is 1.00 e. The first-order valence-corrected chi connectivity index (χ1v) is 19.4. The number of ether oxygens (including phenoxy) is 2. The molecule has 8 rings (SSSR count). The van der Waals surface area contributed by atoms with Crippen molar-refractivity contribution in [1.82, 2.24) is 9.80 Å². The van der Waals surface area contributed by atoms with Gasteiger partial charge in [0.2, 0.25) is 0 Å². The van der Waals surface area contributed by atoms with E-state index in [1.54, 1.807) is 24.3 Å². The number of aryl methyl sites for hydroxylation is 2. The standard InChI is InChI=1S/2C18H26BN2O6.2Na/c2*20-13-3-1-2-4-14(13)21-9-12(10-21)26-15-6-5-11-7-8-19(24,25)27-17(11)16(15)18(22)23;;/h2*5-6,12-14,24-25H,1-4,7-10,20H2,(H,22,23);;/q2*-1;2*+1/t2*13-,14-;;/m00../s1. The van der Waals surface area contributed by atoms with E-state index >= 15 is 0 Å².